The molecule has 0 aromatic carbocycles. The molecule has 0 bridgehead atoms. The number of amides is 1. The second kappa shape index (κ2) is 5.03. The SMILES string of the molecule is CC1CN(C(=O)c2ccc(=O)[nH]c2)CC/C1=N\O. The van der Waals surface area contributed by atoms with E-state index < -0.39 is 0 Å². The fourth-order valence-electron chi connectivity index (χ4n) is 2.08. The zero-order valence-electron chi connectivity index (χ0n) is 10.1. The summed E-state index contributed by atoms with van der Waals surface area (Å²) in [6.45, 7) is 2.97. The average Bonchev–Trinajstić information content (AvgIpc) is 2.38. The second-order valence-corrected chi connectivity index (χ2v) is 4.44. The van der Waals surface area contributed by atoms with Crippen molar-refractivity contribution in [3.05, 3.63) is 34.2 Å². The minimum atomic E-state index is -0.228. The molecule has 2 rings (SSSR count). The summed E-state index contributed by atoms with van der Waals surface area (Å²) in [6.07, 6.45) is 2.00. The molecule has 6 nitrogen and oxygen atoms in total. The van der Waals surface area contributed by atoms with E-state index in [2.05, 4.69) is 10.1 Å². The molecule has 0 spiro atoms. The predicted octanol–water partition coefficient (Wildman–Crippen LogP) is 0.687. The Morgan fingerprint density at radius 2 is 2.33 bits per heavy atom. The maximum absolute atomic E-state index is 12.2. The number of pyridine rings is 1. The van der Waals surface area contributed by atoms with Gasteiger partial charge in [0.1, 0.15) is 0 Å². The number of rotatable bonds is 1. The van der Waals surface area contributed by atoms with Crippen molar-refractivity contribution in [3.63, 3.8) is 0 Å². The van der Waals surface area contributed by atoms with Crippen molar-refractivity contribution in [1.82, 2.24) is 9.88 Å². The van der Waals surface area contributed by atoms with Crippen LogP contribution in [0, 0.1) is 5.92 Å². The zero-order chi connectivity index (χ0) is 13.1. The summed E-state index contributed by atoms with van der Waals surface area (Å²) < 4.78 is 0. The van der Waals surface area contributed by atoms with Crippen molar-refractivity contribution in [3.8, 4) is 0 Å². The Kier molecular flexibility index (Phi) is 3.45. The van der Waals surface area contributed by atoms with Gasteiger partial charge in [-0.15, -0.1) is 0 Å². The Hall–Kier alpha value is -2.11. The van der Waals surface area contributed by atoms with Crippen molar-refractivity contribution in [1.29, 1.82) is 0 Å². The third-order valence-corrected chi connectivity index (χ3v) is 3.15. The van der Waals surface area contributed by atoms with Gasteiger partial charge in [0.25, 0.3) is 5.91 Å². The Morgan fingerprint density at radius 1 is 1.56 bits per heavy atom. The molecule has 2 heterocycles. The smallest absolute Gasteiger partial charge is 0.255 e. The monoisotopic (exact) mass is 249 g/mol. The fourth-order valence-corrected chi connectivity index (χ4v) is 2.08. The Bertz CT molecular complexity index is 515. The molecule has 0 aliphatic carbocycles. The molecule has 1 aliphatic rings. The number of aromatic nitrogens is 1. The maximum Gasteiger partial charge on any atom is 0.255 e. The van der Waals surface area contributed by atoms with Gasteiger partial charge in [0.05, 0.1) is 11.3 Å². The van der Waals surface area contributed by atoms with Crippen LogP contribution in [0.3, 0.4) is 0 Å². The highest BCUT2D eigenvalue weighted by Crippen LogP contribution is 2.15. The molecule has 1 unspecified atom stereocenters. The molecular formula is C12H15N3O3. The number of hydrogen-bond donors (Lipinski definition) is 2. The normalized spacial score (nSPS) is 22.2. The van der Waals surface area contributed by atoms with E-state index in [1.54, 1.807) is 4.90 Å². The van der Waals surface area contributed by atoms with Gasteiger partial charge in [0, 0.05) is 37.7 Å². The van der Waals surface area contributed by atoms with Crippen LogP contribution in [0.2, 0.25) is 0 Å². The van der Waals surface area contributed by atoms with E-state index in [1.165, 1.54) is 18.3 Å². The van der Waals surface area contributed by atoms with E-state index >= 15 is 0 Å². The summed E-state index contributed by atoms with van der Waals surface area (Å²) in [6, 6.07) is 2.85. The van der Waals surface area contributed by atoms with Gasteiger partial charge in [-0.25, -0.2) is 0 Å². The molecule has 1 aromatic heterocycles. The highest BCUT2D eigenvalue weighted by atomic mass is 16.4. The van der Waals surface area contributed by atoms with Gasteiger partial charge < -0.3 is 15.1 Å². The average molecular weight is 249 g/mol. The number of likely N-dealkylation sites (tertiary alicyclic amines) is 1. The second-order valence-electron chi connectivity index (χ2n) is 4.44. The molecule has 18 heavy (non-hydrogen) atoms. The molecule has 1 amide bonds. The highest BCUT2D eigenvalue weighted by Gasteiger charge is 2.26. The third kappa shape index (κ3) is 2.42. The van der Waals surface area contributed by atoms with Crippen LogP contribution in [-0.4, -0.2) is 39.8 Å². The topological polar surface area (TPSA) is 85.8 Å². The molecule has 0 radical (unpaired) electrons. The van der Waals surface area contributed by atoms with Gasteiger partial charge in [-0.2, -0.15) is 0 Å². The standard InChI is InChI=1S/C12H15N3O3/c1-8-7-15(5-4-10(8)14-18)12(17)9-2-3-11(16)13-6-9/h2-3,6,8,18H,4-5,7H2,1H3,(H,13,16)/b14-10+. The maximum atomic E-state index is 12.2. The number of oxime groups is 1. The van der Waals surface area contributed by atoms with Gasteiger partial charge in [-0.3, -0.25) is 9.59 Å². The molecule has 1 aromatic rings. The molecule has 1 saturated heterocycles. The molecule has 0 saturated carbocycles. The van der Waals surface area contributed by atoms with Crippen LogP contribution in [-0.2, 0) is 0 Å². The van der Waals surface area contributed by atoms with Crippen LogP contribution in [0.15, 0.2) is 28.3 Å². The van der Waals surface area contributed by atoms with Crippen LogP contribution in [0.25, 0.3) is 0 Å². The van der Waals surface area contributed by atoms with Crippen LogP contribution >= 0.6 is 0 Å². The van der Waals surface area contributed by atoms with Crippen LogP contribution < -0.4 is 5.56 Å². The Balaban J connectivity index is 2.11. The molecular weight excluding hydrogens is 234 g/mol. The highest BCUT2D eigenvalue weighted by molar-refractivity contribution is 5.96. The van der Waals surface area contributed by atoms with Crippen LogP contribution in [0.5, 0.6) is 0 Å². The van der Waals surface area contributed by atoms with Gasteiger partial charge in [-0.1, -0.05) is 12.1 Å². The van der Waals surface area contributed by atoms with Crippen molar-refractivity contribution in [2.24, 2.45) is 11.1 Å². The number of hydrogen-bond acceptors (Lipinski definition) is 4. The Labute approximate surface area is 104 Å². The lowest BCUT2D eigenvalue weighted by Crippen LogP contribution is -2.43. The molecule has 2 N–H and O–H groups in total. The first kappa shape index (κ1) is 12.3. The number of piperidine rings is 1. The van der Waals surface area contributed by atoms with Crippen molar-refractivity contribution < 1.29 is 10.0 Å². The van der Waals surface area contributed by atoms with E-state index in [9.17, 15) is 9.59 Å². The van der Waals surface area contributed by atoms with E-state index in [0.717, 1.165) is 5.71 Å². The summed E-state index contributed by atoms with van der Waals surface area (Å²) in [7, 11) is 0. The van der Waals surface area contributed by atoms with E-state index in [4.69, 9.17) is 5.21 Å². The summed E-state index contributed by atoms with van der Waals surface area (Å²) in [5.41, 5.74) is 0.958. The first-order valence-corrected chi connectivity index (χ1v) is 5.80. The lowest BCUT2D eigenvalue weighted by Gasteiger charge is -2.31. The van der Waals surface area contributed by atoms with Crippen molar-refractivity contribution in [2.45, 2.75) is 13.3 Å². The zero-order valence-corrected chi connectivity index (χ0v) is 10.1. The summed E-state index contributed by atoms with van der Waals surface area (Å²) in [5, 5.41) is 12.0. The van der Waals surface area contributed by atoms with Crippen LogP contribution in [0.1, 0.15) is 23.7 Å². The van der Waals surface area contributed by atoms with Gasteiger partial charge in [0.2, 0.25) is 5.56 Å². The summed E-state index contributed by atoms with van der Waals surface area (Å²) in [4.78, 5) is 27.3. The first-order chi connectivity index (χ1) is 8.61. The van der Waals surface area contributed by atoms with E-state index in [1.807, 2.05) is 6.92 Å². The van der Waals surface area contributed by atoms with Gasteiger partial charge in [-0.05, 0) is 6.07 Å². The number of carbonyl (C=O) groups excluding carboxylic acids is 1. The van der Waals surface area contributed by atoms with E-state index in [-0.39, 0.29) is 17.4 Å². The molecule has 1 atom stereocenters. The van der Waals surface area contributed by atoms with E-state index in [0.29, 0.717) is 25.1 Å². The molecule has 96 valence electrons. The lowest BCUT2D eigenvalue weighted by atomic mass is 9.97. The number of H-pyrrole nitrogens is 1. The predicted molar refractivity (Wildman–Crippen MR) is 66.0 cm³/mol. The summed E-state index contributed by atoms with van der Waals surface area (Å²) in [5.74, 6) is -0.0643. The van der Waals surface area contributed by atoms with Gasteiger partial charge >= 0.3 is 0 Å². The molecule has 6 heteroatoms. The number of nitrogens with one attached hydrogen (secondary N) is 1. The quantitative estimate of drug-likeness (QED) is 0.567. The van der Waals surface area contributed by atoms with Crippen LogP contribution in [0.4, 0.5) is 0 Å². The Morgan fingerprint density at radius 3 is 2.89 bits per heavy atom. The third-order valence-electron chi connectivity index (χ3n) is 3.15. The first-order valence-electron chi connectivity index (χ1n) is 5.80. The van der Waals surface area contributed by atoms with Crippen molar-refractivity contribution >= 4 is 11.6 Å². The van der Waals surface area contributed by atoms with Crippen molar-refractivity contribution in [2.75, 3.05) is 13.1 Å². The summed E-state index contributed by atoms with van der Waals surface area (Å²) >= 11 is 0. The number of aromatic amines is 1. The molecule has 1 fully saturated rings. The molecule has 1 aliphatic heterocycles. The number of carbonyl (C=O) groups is 1. The lowest BCUT2D eigenvalue weighted by molar-refractivity contribution is 0.0733. The minimum absolute atomic E-state index is 0.0514. The van der Waals surface area contributed by atoms with Gasteiger partial charge in [0.15, 0.2) is 0 Å². The largest absolute Gasteiger partial charge is 0.411 e. The number of nitrogens with zero attached hydrogens (tertiary/aromatic N) is 2. The minimum Gasteiger partial charge on any atom is -0.411 e. The fraction of sp³-hybridized carbons (Fsp3) is 0.417.